The largest absolute Gasteiger partial charge is 0.472 e. The first-order valence-electron chi connectivity index (χ1n) is 27.5. The Kier molecular flexibility index (Phi) is 49.1. The van der Waals surface area contributed by atoms with Gasteiger partial charge in [-0.2, -0.15) is 0 Å². The van der Waals surface area contributed by atoms with Gasteiger partial charge in [0.05, 0.1) is 12.7 Å². The van der Waals surface area contributed by atoms with Crippen molar-refractivity contribution in [2.75, 3.05) is 26.2 Å². The maximum Gasteiger partial charge on any atom is 0.472 e. The summed E-state index contributed by atoms with van der Waals surface area (Å²) in [6, 6.07) is 0. The number of nitrogens with one attached hydrogen (secondary N) is 3. The summed E-state index contributed by atoms with van der Waals surface area (Å²) in [5.41, 5.74) is 0. The van der Waals surface area contributed by atoms with Crippen molar-refractivity contribution < 1.29 is 47.3 Å². The Hall–Kier alpha value is -2.47. The lowest BCUT2D eigenvalue weighted by atomic mass is 10.0. The molecule has 0 bridgehead atoms. The third kappa shape index (κ3) is 56.3. The van der Waals surface area contributed by atoms with Crippen molar-refractivity contribution in [3.05, 3.63) is 0 Å². The van der Waals surface area contributed by atoms with Crippen LogP contribution in [0.5, 0.6) is 0 Å². The van der Waals surface area contributed by atoms with Gasteiger partial charge < -0.3 is 20.8 Å². The van der Waals surface area contributed by atoms with Gasteiger partial charge in [0.15, 0.2) is 0 Å². The Morgan fingerprint density at radius 3 is 1.01 bits per heavy atom. The van der Waals surface area contributed by atoms with E-state index in [1.54, 1.807) is 13.8 Å². The third-order valence-corrected chi connectivity index (χ3v) is 12.7. The van der Waals surface area contributed by atoms with Crippen molar-refractivity contribution in [1.82, 2.24) is 16.0 Å². The molecule has 0 aliphatic heterocycles. The molecule has 408 valence electrons. The Labute approximate surface area is 423 Å². The molecule has 0 saturated carbocycles. The number of carbonyl (C=O) groups is 6. The average molecular weight is 1000 g/mol. The zero-order chi connectivity index (χ0) is 52.9. The number of unbranched alkanes of at least 4 members (excludes halogenated alkanes) is 13. The van der Waals surface area contributed by atoms with Gasteiger partial charge in [-0.25, -0.2) is 4.57 Å². The molecular weight excluding hydrogens is 894 g/mol. The minimum Gasteiger partial charge on any atom is -0.356 e. The van der Waals surface area contributed by atoms with E-state index in [1.807, 2.05) is 41.5 Å². The van der Waals surface area contributed by atoms with Crippen LogP contribution in [0, 0.1) is 29.6 Å². The maximum absolute atomic E-state index is 11.7. The van der Waals surface area contributed by atoms with E-state index >= 15 is 0 Å². The molecule has 0 radical (unpaired) electrons. The van der Waals surface area contributed by atoms with Gasteiger partial charge in [-0.3, -0.25) is 37.8 Å². The predicted molar refractivity (Wildman–Crippen MR) is 285 cm³/mol. The highest BCUT2D eigenvalue weighted by Crippen LogP contribution is 2.44. The van der Waals surface area contributed by atoms with E-state index in [9.17, 15) is 38.2 Å². The number of phosphoric acid groups is 1. The van der Waals surface area contributed by atoms with Crippen LogP contribution < -0.4 is 16.0 Å². The molecule has 0 fully saturated rings. The molecule has 69 heavy (non-hydrogen) atoms. The van der Waals surface area contributed by atoms with Gasteiger partial charge in [0.1, 0.15) is 17.3 Å². The second kappa shape index (κ2) is 47.8. The number of amides is 3. The summed E-state index contributed by atoms with van der Waals surface area (Å²) in [6.45, 7) is 26.3. The SMILES string of the molecule is CC(C)CCCCCCCNC(=O)CCCCC(=O)C(C)C.CC(C)CCCCCCNC(=O)CCCC(=O)C(C)C.CC(C)OP(=O)(O)OCCCCCCCNC(=O)CCCCC(=O)C(C)C. The second-order valence-electron chi connectivity index (χ2n) is 21.0. The molecule has 0 heterocycles. The normalized spacial score (nSPS) is 12.2. The number of ketones is 3. The van der Waals surface area contributed by atoms with E-state index in [2.05, 4.69) is 43.6 Å². The van der Waals surface area contributed by atoms with E-state index in [-0.39, 0.29) is 59.8 Å². The van der Waals surface area contributed by atoms with Crippen LogP contribution in [0.25, 0.3) is 0 Å². The molecule has 1 unspecified atom stereocenters. The lowest BCUT2D eigenvalue weighted by Gasteiger charge is -2.14. The molecule has 3 amide bonds. The average Bonchev–Trinajstić information content (AvgIpc) is 3.26. The van der Waals surface area contributed by atoms with Crippen LogP contribution in [0.3, 0.4) is 0 Å². The van der Waals surface area contributed by atoms with E-state index in [0.717, 1.165) is 89.1 Å². The monoisotopic (exact) mass is 1000 g/mol. The molecule has 1 atom stereocenters. The topological polar surface area (TPSA) is 194 Å². The Bertz CT molecular complexity index is 1350. The summed E-state index contributed by atoms with van der Waals surface area (Å²) in [5, 5.41) is 8.81. The summed E-state index contributed by atoms with van der Waals surface area (Å²) in [6.07, 6.45) is 24.9. The molecule has 0 aliphatic carbocycles. The highest BCUT2D eigenvalue weighted by molar-refractivity contribution is 7.47. The summed E-state index contributed by atoms with van der Waals surface area (Å²) < 4.78 is 21.2. The Balaban J connectivity index is -0.000000959. The minimum atomic E-state index is -3.91. The van der Waals surface area contributed by atoms with Gasteiger partial charge in [0.2, 0.25) is 17.7 Å². The van der Waals surface area contributed by atoms with Crippen molar-refractivity contribution in [3.8, 4) is 0 Å². The first kappa shape index (κ1) is 70.8. The van der Waals surface area contributed by atoms with E-state index in [1.165, 1.54) is 57.8 Å². The molecule has 0 aromatic heterocycles. The summed E-state index contributed by atoms with van der Waals surface area (Å²) >= 11 is 0. The predicted octanol–water partition coefficient (Wildman–Crippen LogP) is 13.4. The maximum atomic E-state index is 11.7. The van der Waals surface area contributed by atoms with Crippen LogP contribution in [-0.4, -0.2) is 72.3 Å². The van der Waals surface area contributed by atoms with Crippen molar-refractivity contribution in [2.45, 2.75) is 263 Å². The summed E-state index contributed by atoms with van der Waals surface area (Å²) in [7, 11) is -3.91. The van der Waals surface area contributed by atoms with Crippen LogP contribution in [0.2, 0.25) is 0 Å². The van der Waals surface area contributed by atoms with Crippen LogP contribution in [-0.2, 0) is 42.4 Å². The first-order valence-corrected chi connectivity index (χ1v) is 29.0. The fraction of sp³-hybridized carbons (Fsp3) is 0.891. The van der Waals surface area contributed by atoms with Gasteiger partial charge in [-0.1, -0.05) is 146 Å². The molecule has 14 heteroatoms. The van der Waals surface area contributed by atoms with Gasteiger partial charge in [-0.05, 0) is 83.5 Å². The quantitative estimate of drug-likeness (QED) is 0.0337. The lowest BCUT2D eigenvalue weighted by Crippen LogP contribution is -2.24. The van der Waals surface area contributed by atoms with Gasteiger partial charge in [-0.15, -0.1) is 0 Å². The highest BCUT2D eigenvalue weighted by atomic mass is 31.2. The zero-order valence-corrected chi connectivity index (χ0v) is 47.3. The van der Waals surface area contributed by atoms with Crippen molar-refractivity contribution in [1.29, 1.82) is 0 Å². The molecule has 0 spiro atoms. The molecule has 4 N–H and O–H groups in total. The van der Waals surface area contributed by atoms with E-state index in [4.69, 9.17) is 9.05 Å². The van der Waals surface area contributed by atoms with Crippen LogP contribution in [0.15, 0.2) is 0 Å². The van der Waals surface area contributed by atoms with Gasteiger partial charge in [0.25, 0.3) is 0 Å². The second-order valence-corrected chi connectivity index (χ2v) is 22.4. The highest BCUT2D eigenvalue weighted by Gasteiger charge is 2.22. The van der Waals surface area contributed by atoms with Crippen LogP contribution in [0.4, 0.5) is 0 Å². The Morgan fingerprint density at radius 2 is 0.681 bits per heavy atom. The number of carbonyl (C=O) groups excluding carboxylic acids is 6. The molecular formula is C55H108N3O10P. The fourth-order valence-electron chi connectivity index (χ4n) is 6.88. The first-order chi connectivity index (χ1) is 32.5. The van der Waals surface area contributed by atoms with Crippen LogP contribution in [0.1, 0.15) is 256 Å². The zero-order valence-electron chi connectivity index (χ0n) is 46.5. The number of Topliss-reactive ketones (excluding diaryl/α,β-unsaturated/α-hetero) is 3. The summed E-state index contributed by atoms with van der Waals surface area (Å²) in [5.74, 6) is 2.98. The standard InChI is InChI=1S/C19H38NO6P.C19H37NO2.C17H33NO2/c1-16(2)18(21)12-8-9-13-19(22)20-14-10-6-5-7-11-15-25-27(23,24)26-17(3)4;1-16(2)12-8-6-5-7-11-15-20-19(22)14-10-9-13-18(21)17(3)4;1-14(2)10-7-5-6-8-13-18-17(20)12-9-11-16(19)15(3)4/h16-17H,5-15H2,1-4H3,(H,20,22)(H,23,24);16-17H,5-15H2,1-4H3,(H,20,22);14-15H,5-13H2,1-4H3,(H,18,20). The van der Waals surface area contributed by atoms with Crippen LogP contribution >= 0.6 is 7.82 Å². The van der Waals surface area contributed by atoms with Crippen molar-refractivity contribution >= 4 is 42.9 Å². The fourth-order valence-corrected chi connectivity index (χ4v) is 7.83. The lowest BCUT2D eigenvalue weighted by molar-refractivity contribution is -0.123. The molecule has 0 rings (SSSR count). The summed E-state index contributed by atoms with van der Waals surface area (Å²) in [4.78, 5) is 78.6. The number of phosphoric ester groups is 1. The van der Waals surface area contributed by atoms with Gasteiger partial charge >= 0.3 is 7.82 Å². The van der Waals surface area contributed by atoms with E-state index in [0.29, 0.717) is 63.7 Å². The van der Waals surface area contributed by atoms with E-state index < -0.39 is 7.82 Å². The molecule has 0 aliphatic rings. The van der Waals surface area contributed by atoms with Crippen molar-refractivity contribution in [2.24, 2.45) is 29.6 Å². The number of hydrogen-bond donors (Lipinski definition) is 4. The minimum absolute atomic E-state index is 0.0456. The van der Waals surface area contributed by atoms with Crippen molar-refractivity contribution in [3.63, 3.8) is 0 Å². The third-order valence-electron chi connectivity index (χ3n) is 11.5. The smallest absolute Gasteiger partial charge is 0.356 e. The molecule has 0 aromatic carbocycles. The molecule has 0 saturated heterocycles. The molecule has 0 aromatic rings. The number of hydrogen-bond acceptors (Lipinski definition) is 9. The Morgan fingerprint density at radius 1 is 0.391 bits per heavy atom. The molecule has 13 nitrogen and oxygen atoms in total. The number of rotatable bonds is 43. The van der Waals surface area contributed by atoms with Gasteiger partial charge in [0, 0.05) is 75.9 Å².